The summed E-state index contributed by atoms with van der Waals surface area (Å²) in [6.07, 6.45) is 0.334. The maximum Gasteiger partial charge on any atom is 0.313 e. The third-order valence-electron chi connectivity index (χ3n) is 4.36. The van der Waals surface area contributed by atoms with Crippen LogP contribution in [0.5, 0.6) is 0 Å². The van der Waals surface area contributed by atoms with Crippen molar-refractivity contribution in [1.29, 1.82) is 0 Å². The standard InChI is InChI=1S/C18H26N4O5S/c1-13(23)19-14-4-6-15(7-5-14)20-17(24)18(25)22(10-9-21(2)3)16-8-11-28(26,27)12-16/h4-7,16H,8-12H2,1-3H3,(H,19,23)(H,20,24). The topological polar surface area (TPSA) is 116 Å². The SMILES string of the molecule is CC(=O)Nc1ccc(NC(=O)C(=O)N(CCN(C)C)C2CCS(=O)(=O)C2)cc1. The van der Waals surface area contributed by atoms with Gasteiger partial charge in [0.05, 0.1) is 11.5 Å². The minimum absolute atomic E-state index is 0.0235. The lowest BCUT2D eigenvalue weighted by molar-refractivity contribution is -0.144. The number of rotatable bonds is 6. The van der Waals surface area contributed by atoms with E-state index in [1.807, 2.05) is 19.0 Å². The van der Waals surface area contributed by atoms with Gasteiger partial charge >= 0.3 is 11.8 Å². The number of nitrogens with zero attached hydrogens (tertiary/aromatic N) is 2. The molecule has 0 bridgehead atoms. The number of benzene rings is 1. The predicted octanol–water partition coefficient (Wildman–Crippen LogP) is 0.161. The molecule has 0 radical (unpaired) electrons. The third kappa shape index (κ3) is 6.31. The molecule has 1 unspecified atom stereocenters. The molecule has 1 aliphatic rings. The molecular weight excluding hydrogens is 384 g/mol. The van der Waals surface area contributed by atoms with Crippen LogP contribution in [0, 0.1) is 0 Å². The van der Waals surface area contributed by atoms with E-state index < -0.39 is 27.7 Å². The zero-order valence-corrected chi connectivity index (χ0v) is 17.1. The molecule has 1 saturated heterocycles. The molecule has 9 nitrogen and oxygen atoms in total. The number of sulfone groups is 1. The first kappa shape index (κ1) is 21.8. The molecule has 154 valence electrons. The summed E-state index contributed by atoms with van der Waals surface area (Å²) >= 11 is 0. The van der Waals surface area contributed by atoms with Crippen LogP contribution in [0.15, 0.2) is 24.3 Å². The number of likely N-dealkylation sites (N-methyl/N-ethyl adjacent to an activating group) is 1. The first-order valence-corrected chi connectivity index (χ1v) is 10.7. The van der Waals surface area contributed by atoms with E-state index in [0.717, 1.165) is 0 Å². The molecule has 1 heterocycles. The van der Waals surface area contributed by atoms with Gasteiger partial charge in [-0.1, -0.05) is 0 Å². The molecule has 1 aliphatic heterocycles. The summed E-state index contributed by atoms with van der Waals surface area (Å²) in [6, 6.07) is 5.86. The highest BCUT2D eigenvalue weighted by molar-refractivity contribution is 7.91. The number of carbonyl (C=O) groups excluding carboxylic acids is 3. The van der Waals surface area contributed by atoms with E-state index in [1.54, 1.807) is 24.3 Å². The summed E-state index contributed by atoms with van der Waals surface area (Å²) < 4.78 is 23.6. The molecule has 1 fully saturated rings. The van der Waals surface area contributed by atoms with Gasteiger partial charge in [0.2, 0.25) is 5.91 Å². The van der Waals surface area contributed by atoms with Crippen molar-refractivity contribution < 1.29 is 22.8 Å². The quantitative estimate of drug-likeness (QED) is 0.646. The van der Waals surface area contributed by atoms with Crippen molar-refractivity contribution in [3.8, 4) is 0 Å². The van der Waals surface area contributed by atoms with E-state index in [-0.39, 0.29) is 24.0 Å². The molecule has 2 N–H and O–H groups in total. The Balaban J connectivity index is 2.07. The molecule has 1 atom stereocenters. The number of nitrogens with one attached hydrogen (secondary N) is 2. The van der Waals surface area contributed by atoms with Crippen LogP contribution in [0.2, 0.25) is 0 Å². The Morgan fingerprint density at radius 2 is 1.61 bits per heavy atom. The highest BCUT2D eigenvalue weighted by atomic mass is 32.2. The fraction of sp³-hybridized carbons (Fsp3) is 0.500. The lowest BCUT2D eigenvalue weighted by Crippen LogP contribution is -2.48. The summed E-state index contributed by atoms with van der Waals surface area (Å²) in [5, 5.41) is 5.14. The van der Waals surface area contributed by atoms with E-state index in [2.05, 4.69) is 10.6 Å². The van der Waals surface area contributed by atoms with E-state index in [0.29, 0.717) is 24.3 Å². The lowest BCUT2D eigenvalue weighted by Gasteiger charge is -2.28. The van der Waals surface area contributed by atoms with Gasteiger partial charge in [-0.2, -0.15) is 0 Å². The van der Waals surface area contributed by atoms with Gasteiger partial charge in [0.1, 0.15) is 0 Å². The number of amides is 3. The van der Waals surface area contributed by atoms with Crippen molar-refractivity contribution in [2.75, 3.05) is 49.3 Å². The van der Waals surface area contributed by atoms with Crippen LogP contribution in [0.1, 0.15) is 13.3 Å². The van der Waals surface area contributed by atoms with Gasteiger partial charge < -0.3 is 20.4 Å². The Bertz CT molecular complexity index is 836. The Hall–Kier alpha value is -2.46. The van der Waals surface area contributed by atoms with Crippen molar-refractivity contribution >= 4 is 38.9 Å². The first-order chi connectivity index (χ1) is 13.1. The van der Waals surface area contributed by atoms with E-state index in [4.69, 9.17) is 0 Å². The summed E-state index contributed by atoms with van der Waals surface area (Å²) in [5.41, 5.74) is 0.972. The molecule has 2 rings (SSSR count). The van der Waals surface area contributed by atoms with Crippen molar-refractivity contribution in [1.82, 2.24) is 9.80 Å². The molecule has 1 aromatic rings. The zero-order valence-electron chi connectivity index (χ0n) is 16.3. The largest absolute Gasteiger partial charge is 0.329 e. The monoisotopic (exact) mass is 410 g/mol. The van der Waals surface area contributed by atoms with Gasteiger partial charge in [-0.05, 0) is 44.8 Å². The second kappa shape index (κ2) is 9.16. The van der Waals surface area contributed by atoms with Gasteiger partial charge in [-0.3, -0.25) is 14.4 Å². The highest BCUT2D eigenvalue weighted by Gasteiger charge is 2.36. The molecule has 28 heavy (non-hydrogen) atoms. The van der Waals surface area contributed by atoms with Gasteiger partial charge in [0.25, 0.3) is 0 Å². The minimum Gasteiger partial charge on any atom is -0.329 e. The van der Waals surface area contributed by atoms with E-state index in [1.165, 1.54) is 11.8 Å². The van der Waals surface area contributed by atoms with Crippen molar-refractivity contribution in [2.45, 2.75) is 19.4 Å². The smallest absolute Gasteiger partial charge is 0.313 e. The molecule has 10 heteroatoms. The molecule has 0 saturated carbocycles. The molecule has 1 aromatic carbocycles. The van der Waals surface area contributed by atoms with Crippen LogP contribution in [0.4, 0.5) is 11.4 Å². The van der Waals surface area contributed by atoms with Gasteiger partial charge in [-0.25, -0.2) is 8.42 Å². The average molecular weight is 410 g/mol. The predicted molar refractivity (Wildman–Crippen MR) is 107 cm³/mol. The summed E-state index contributed by atoms with van der Waals surface area (Å²) in [6.45, 7) is 2.17. The number of hydrogen-bond acceptors (Lipinski definition) is 6. The number of anilines is 2. The Kier molecular flexibility index (Phi) is 7.14. The molecule has 0 aromatic heterocycles. The zero-order chi connectivity index (χ0) is 20.9. The molecule has 0 aliphatic carbocycles. The normalized spacial score (nSPS) is 17.9. The number of carbonyl (C=O) groups is 3. The summed E-state index contributed by atoms with van der Waals surface area (Å²) in [7, 11) is 0.491. The van der Waals surface area contributed by atoms with Crippen LogP contribution in [-0.2, 0) is 24.2 Å². The molecular formula is C18H26N4O5S. The fourth-order valence-electron chi connectivity index (χ4n) is 2.93. The van der Waals surface area contributed by atoms with Gasteiger partial charge in [-0.15, -0.1) is 0 Å². The second-order valence-electron chi connectivity index (χ2n) is 7.07. The summed E-state index contributed by atoms with van der Waals surface area (Å²) in [4.78, 5) is 39.4. The maximum absolute atomic E-state index is 12.7. The van der Waals surface area contributed by atoms with Crippen molar-refractivity contribution in [2.24, 2.45) is 0 Å². The van der Waals surface area contributed by atoms with Crippen LogP contribution < -0.4 is 10.6 Å². The lowest BCUT2D eigenvalue weighted by atomic mass is 10.2. The van der Waals surface area contributed by atoms with Crippen LogP contribution >= 0.6 is 0 Å². The van der Waals surface area contributed by atoms with E-state index >= 15 is 0 Å². The Morgan fingerprint density at radius 1 is 1.04 bits per heavy atom. The second-order valence-corrected chi connectivity index (χ2v) is 9.30. The maximum atomic E-state index is 12.7. The molecule has 3 amide bonds. The average Bonchev–Trinajstić information content (AvgIpc) is 2.95. The number of hydrogen-bond donors (Lipinski definition) is 2. The van der Waals surface area contributed by atoms with Crippen molar-refractivity contribution in [3.05, 3.63) is 24.3 Å². The highest BCUT2D eigenvalue weighted by Crippen LogP contribution is 2.19. The van der Waals surface area contributed by atoms with Gasteiger partial charge in [0, 0.05) is 37.4 Å². The Morgan fingerprint density at radius 3 is 2.07 bits per heavy atom. The van der Waals surface area contributed by atoms with Gasteiger partial charge in [0.15, 0.2) is 9.84 Å². The third-order valence-corrected chi connectivity index (χ3v) is 6.11. The fourth-order valence-corrected chi connectivity index (χ4v) is 4.66. The first-order valence-electron chi connectivity index (χ1n) is 8.92. The van der Waals surface area contributed by atoms with Crippen LogP contribution in [0.25, 0.3) is 0 Å². The molecule has 0 spiro atoms. The summed E-state index contributed by atoms with van der Waals surface area (Å²) in [5.74, 6) is -1.89. The minimum atomic E-state index is -3.19. The van der Waals surface area contributed by atoms with Crippen LogP contribution in [-0.4, -0.2) is 80.7 Å². The Labute approximate surface area is 165 Å². The van der Waals surface area contributed by atoms with Crippen molar-refractivity contribution in [3.63, 3.8) is 0 Å². The van der Waals surface area contributed by atoms with E-state index in [9.17, 15) is 22.8 Å². The van der Waals surface area contributed by atoms with Crippen LogP contribution in [0.3, 0.4) is 0 Å².